The maximum Gasteiger partial charge on any atom is 0.203 e. The number of aromatic nitrogens is 2. The van der Waals surface area contributed by atoms with Crippen molar-refractivity contribution in [2.45, 2.75) is 39.0 Å². The molecule has 1 unspecified atom stereocenters. The molecule has 19 heavy (non-hydrogen) atoms. The normalized spacial score (nSPS) is 17.9. The molecule has 100 valence electrons. The first-order valence-corrected chi connectivity index (χ1v) is 6.76. The van der Waals surface area contributed by atoms with Gasteiger partial charge in [0.25, 0.3) is 0 Å². The van der Waals surface area contributed by atoms with Crippen LogP contribution >= 0.6 is 0 Å². The predicted octanol–water partition coefficient (Wildman–Crippen LogP) is 3.23. The zero-order valence-electron chi connectivity index (χ0n) is 11.3. The van der Waals surface area contributed by atoms with Crippen LogP contribution in [0.25, 0.3) is 0 Å². The summed E-state index contributed by atoms with van der Waals surface area (Å²) in [5.74, 6) is 1.88. The number of imidazole rings is 1. The van der Waals surface area contributed by atoms with Gasteiger partial charge < -0.3 is 14.6 Å². The van der Waals surface area contributed by atoms with Crippen molar-refractivity contribution in [2.24, 2.45) is 0 Å². The zero-order chi connectivity index (χ0) is 13.2. The number of rotatable bonds is 3. The highest BCUT2D eigenvalue weighted by Gasteiger charge is 2.19. The number of hydrogen-bond acceptors (Lipinski definition) is 3. The van der Waals surface area contributed by atoms with E-state index in [2.05, 4.69) is 27.0 Å². The molecule has 0 saturated carbocycles. The van der Waals surface area contributed by atoms with Crippen LogP contribution < -0.4 is 10.1 Å². The van der Waals surface area contributed by atoms with Gasteiger partial charge in [0.2, 0.25) is 5.95 Å². The van der Waals surface area contributed by atoms with E-state index in [4.69, 9.17) is 4.74 Å². The van der Waals surface area contributed by atoms with Gasteiger partial charge in [-0.15, -0.1) is 0 Å². The maximum atomic E-state index is 5.66. The third kappa shape index (κ3) is 2.57. The zero-order valence-corrected chi connectivity index (χ0v) is 11.3. The first kappa shape index (κ1) is 12.1. The number of nitrogens with zero attached hydrogens (tertiary/aromatic N) is 2. The second kappa shape index (κ2) is 4.96. The predicted molar refractivity (Wildman–Crippen MR) is 75.4 cm³/mol. The van der Waals surface area contributed by atoms with Gasteiger partial charge in [0.05, 0.1) is 12.1 Å². The maximum absolute atomic E-state index is 5.66. The van der Waals surface area contributed by atoms with Gasteiger partial charge >= 0.3 is 0 Å². The standard InChI is InChI=1S/C15H19N3O/c1-11(2)19-13-5-3-12(4-6-13)14-7-9-18-10-8-16-15(18)17-14/h3-6,8,10-11,14H,7,9H2,1-2H3,(H,16,17). The second-order valence-electron chi connectivity index (χ2n) is 5.17. The summed E-state index contributed by atoms with van der Waals surface area (Å²) < 4.78 is 7.81. The minimum Gasteiger partial charge on any atom is -0.491 e. The Kier molecular flexibility index (Phi) is 3.15. The molecule has 0 radical (unpaired) electrons. The van der Waals surface area contributed by atoms with Crippen LogP contribution in [0.2, 0.25) is 0 Å². The van der Waals surface area contributed by atoms with Crippen molar-refractivity contribution in [1.29, 1.82) is 0 Å². The lowest BCUT2D eigenvalue weighted by atomic mass is 10.0. The Morgan fingerprint density at radius 1 is 1.32 bits per heavy atom. The summed E-state index contributed by atoms with van der Waals surface area (Å²) in [6.45, 7) is 5.09. The van der Waals surface area contributed by atoms with Crippen molar-refractivity contribution in [2.75, 3.05) is 5.32 Å². The summed E-state index contributed by atoms with van der Waals surface area (Å²) in [7, 11) is 0. The molecule has 0 bridgehead atoms. The number of benzene rings is 1. The summed E-state index contributed by atoms with van der Waals surface area (Å²) >= 11 is 0. The minimum absolute atomic E-state index is 0.214. The van der Waals surface area contributed by atoms with Gasteiger partial charge in [0.1, 0.15) is 5.75 Å². The van der Waals surface area contributed by atoms with E-state index in [1.54, 1.807) is 0 Å². The molecule has 0 aliphatic carbocycles. The molecule has 0 amide bonds. The van der Waals surface area contributed by atoms with Crippen molar-refractivity contribution < 1.29 is 4.74 Å². The van der Waals surface area contributed by atoms with Crippen molar-refractivity contribution in [3.05, 3.63) is 42.2 Å². The number of hydrogen-bond donors (Lipinski definition) is 1. The van der Waals surface area contributed by atoms with Crippen molar-refractivity contribution in [3.8, 4) is 5.75 Å². The number of nitrogens with one attached hydrogen (secondary N) is 1. The van der Waals surface area contributed by atoms with Crippen molar-refractivity contribution >= 4 is 5.95 Å². The first-order chi connectivity index (χ1) is 9.22. The monoisotopic (exact) mass is 257 g/mol. The fraction of sp³-hybridized carbons (Fsp3) is 0.400. The third-order valence-corrected chi connectivity index (χ3v) is 3.33. The molecule has 2 heterocycles. The molecule has 0 fully saturated rings. The van der Waals surface area contributed by atoms with Gasteiger partial charge in [0.15, 0.2) is 0 Å². The van der Waals surface area contributed by atoms with Gasteiger partial charge in [-0.05, 0) is 38.0 Å². The molecule has 1 aromatic carbocycles. The van der Waals surface area contributed by atoms with E-state index in [-0.39, 0.29) is 6.10 Å². The third-order valence-electron chi connectivity index (χ3n) is 3.33. The second-order valence-corrected chi connectivity index (χ2v) is 5.17. The molecule has 0 saturated heterocycles. The Hall–Kier alpha value is -1.97. The SMILES string of the molecule is CC(C)Oc1ccc(C2CCn3ccnc3N2)cc1. The molecule has 1 aliphatic heterocycles. The van der Waals surface area contributed by atoms with Crippen LogP contribution in [-0.2, 0) is 6.54 Å². The Morgan fingerprint density at radius 3 is 2.84 bits per heavy atom. The Balaban J connectivity index is 1.73. The largest absolute Gasteiger partial charge is 0.491 e. The molecular weight excluding hydrogens is 238 g/mol. The van der Waals surface area contributed by atoms with E-state index in [0.717, 1.165) is 24.7 Å². The molecule has 1 atom stereocenters. The fourth-order valence-electron chi connectivity index (χ4n) is 2.43. The van der Waals surface area contributed by atoms with Gasteiger partial charge in [-0.25, -0.2) is 4.98 Å². The van der Waals surface area contributed by atoms with E-state index < -0.39 is 0 Å². The Morgan fingerprint density at radius 2 is 2.11 bits per heavy atom. The van der Waals surface area contributed by atoms with Gasteiger partial charge in [-0.2, -0.15) is 0 Å². The first-order valence-electron chi connectivity index (χ1n) is 6.76. The van der Waals surface area contributed by atoms with Gasteiger partial charge in [0, 0.05) is 18.9 Å². The van der Waals surface area contributed by atoms with Crippen molar-refractivity contribution in [1.82, 2.24) is 9.55 Å². The summed E-state index contributed by atoms with van der Waals surface area (Å²) in [6.07, 6.45) is 5.14. The minimum atomic E-state index is 0.214. The Labute approximate surface area is 113 Å². The molecule has 1 aliphatic rings. The smallest absolute Gasteiger partial charge is 0.203 e. The molecule has 1 aromatic heterocycles. The van der Waals surface area contributed by atoms with Crippen LogP contribution in [-0.4, -0.2) is 15.7 Å². The quantitative estimate of drug-likeness (QED) is 0.917. The van der Waals surface area contributed by atoms with Crippen molar-refractivity contribution in [3.63, 3.8) is 0 Å². The molecule has 2 aromatic rings. The Bertz CT molecular complexity index is 545. The molecule has 4 nitrogen and oxygen atoms in total. The lowest BCUT2D eigenvalue weighted by Gasteiger charge is -2.26. The summed E-state index contributed by atoms with van der Waals surface area (Å²) in [4.78, 5) is 4.32. The van der Waals surface area contributed by atoms with Crippen LogP contribution in [0.5, 0.6) is 5.75 Å². The molecule has 0 spiro atoms. The summed E-state index contributed by atoms with van der Waals surface area (Å²) in [5, 5.41) is 3.46. The van der Waals surface area contributed by atoms with E-state index in [1.807, 2.05) is 38.4 Å². The van der Waals surface area contributed by atoms with Gasteiger partial charge in [-0.3, -0.25) is 0 Å². The summed E-state index contributed by atoms with van der Waals surface area (Å²) in [6, 6.07) is 8.68. The number of anilines is 1. The van der Waals surface area contributed by atoms with E-state index in [9.17, 15) is 0 Å². The molecule has 4 heteroatoms. The molecule has 1 N–H and O–H groups in total. The average Bonchev–Trinajstić information content (AvgIpc) is 2.86. The van der Waals surface area contributed by atoms with Crippen LogP contribution in [0, 0.1) is 0 Å². The van der Waals surface area contributed by atoms with Crippen LogP contribution in [0.1, 0.15) is 31.9 Å². The van der Waals surface area contributed by atoms with Crippen LogP contribution in [0.15, 0.2) is 36.7 Å². The van der Waals surface area contributed by atoms with E-state index in [0.29, 0.717) is 6.04 Å². The lowest BCUT2D eigenvalue weighted by molar-refractivity contribution is 0.242. The van der Waals surface area contributed by atoms with E-state index >= 15 is 0 Å². The number of aryl methyl sites for hydroxylation is 1. The fourth-order valence-corrected chi connectivity index (χ4v) is 2.43. The molecule has 3 rings (SSSR count). The highest BCUT2D eigenvalue weighted by Crippen LogP contribution is 2.28. The highest BCUT2D eigenvalue weighted by molar-refractivity contribution is 5.37. The number of fused-ring (bicyclic) bond motifs is 1. The average molecular weight is 257 g/mol. The van der Waals surface area contributed by atoms with Crippen LogP contribution in [0.3, 0.4) is 0 Å². The van der Waals surface area contributed by atoms with E-state index in [1.165, 1.54) is 5.56 Å². The van der Waals surface area contributed by atoms with Gasteiger partial charge in [-0.1, -0.05) is 12.1 Å². The highest BCUT2D eigenvalue weighted by atomic mass is 16.5. The number of ether oxygens (including phenoxy) is 1. The summed E-state index contributed by atoms with van der Waals surface area (Å²) in [5.41, 5.74) is 1.28. The topological polar surface area (TPSA) is 39.1 Å². The van der Waals surface area contributed by atoms with Crippen LogP contribution in [0.4, 0.5) is 5.95 Å². The molecular formula is C15H19N3O. The lowest BCUT2D eigenvalue weighted by Crippen LogP contribution is -2.21.